The van der Waals surface area contributed by atoms with E-state index < -0.39 is 23.2 Å². The van der Waals surface area contributed by atoms with E-state index in [0.29, 0.717) is 6.61 Å². The summed E-state index contributed by atoms with van der Waals surface area (Å²) in [5.41, 5.74) is -2.20. The quantitative estimate of drug-likeness (QED) is 0.477. The van der Waals surface area contributed by atoms with Gasteiger partial charge in [0, 0.05) is 12.3 Å². The topological polar surface area (TPSA) is 48.0 Å². The number of benzene rings is 1. The Kier molecular flexibility index (Phi) is 7.91. The van der Waals surface area contributed by atoms with E-state index in [-0.39, 0.29) is 31.2 Å². The molecule has 0 N–H and O–H groups in total. The van der Waals surface area contributed by atoms with E-state index in [4.69, 9.17) is 25.8 Å². The molecule has 0 aliphatic carbocycles. The number of carbonyl (C=O) groups is 1. The summed E-state index contributed by atoms with van der Waals surface area (Å²) in [6.45, 7) is 4.03. The van der Waals surface area contributed by atoms with Gasteiger partial charge in [-0.15, -0.1) is 0 Å². The van der Waals surface area contributed by atoms with Crippen LogP contribution in [0, 0.1) is 0 Å². The van der Waals surface area contributed by atoms with E-state index in [1.807, 2.05) is 0 Å². The Morgan fingerprint density at radius 3 is 2.70 bits per heavy atom. The van der Waals surface area contributed by atoms with E-state index >= 15 is 0 Å². The molecule has 1 saturated heterocycles. The summed E-state index contributed by atoms with van der Waals surface area (Å²) in [5.74, 6) is -0.699. The van der Waals surface area contributed by atoms with Crippen LogP contribution in [0.2, 0.25) is 0 Å². The van der Waals surface area contributed by atoms with Crippen molar-refractivity contribution >= 4 is 23.2 Å². The standard InChI is InChI=1S/C18H23ClF3NO4/c1-12(2)27-11-23(14-6-3-5-13(9-14)18(20,21)22)17(24)16(19)26-10-15-7-4-8-25-15/h3,5-6,9,12,15-16H,4,7-8,10-11H2,1-2H3. The zero-order valence-electron chi connectivity index (χ0n) is 15.2. The molecular weight excluding hydrogens is 387 g/mol. The van der Waals surface area contributed by atoms with Crippen LogP contribution in [0.5, 0.6) is 0 Å². The summed E-state index contributed by atoms with van der Waals surface area (Å²) >= 11 is 6.05. The van der Waals surface area contributed by atoms with Crippen molar-refractivity contribution in [1.82, 2.24) is 0 Å². The van der Waals surface area contributed by atoms with Crippen molar-refractivity contribution in [2.75, 3.05) is 24.8 Å². The molecule has 1 heterocycles. The summed E-state index contributed by atoms with van der Waals surface area (Å²) in [6, 6.07) is 4.43. The predicted molar refractivity (Wildman–Crippen MR) is 94.6 cm³/mol. The number of ether oxygens (including phenoxy) is 3. The molecule has 0 spiro atoms. The number of rotatable bonds is 8. The third kappa shape index (κ3) is 6.64. The van der Waals surface area contributed by atoms with E-state index in [1.54, 1.807) is 13.8 Å². The van der Waals surface area contributed by atoms with Gasteiger partial charge in [-0.05, 0) is 44.9 Å². The summed E-state index contributed by atoms with van der Waals surface area (Å²) in [6.07, 6.45) is -3.17. The van der Waals surface area contributed by atoms with Gasteiger partial charge in [-0.25, -0.2) is 0 Å². The smallest absolute Gasteiger partial charge is 0.376 e. The lowest BCUT2D eigenvalue weighted by Gasteiger charge is -2.26. The fourth-order valence-electron chi connectivity index (χ4n) is 2.50. The molecular formula is C18H23ClF3NO4. The van der Waals surface area contributed by atoms with Crippen LogP contribution in [0.15, 0.2) is 24.3 Å². The lowest BCUT2D eigenvalue weighted by Crippen LogP contribution is -2.41. The average Bonchev–Trinajstić information content (AvgIpc) is 3.12. The maximum Gasteiger partial charge on any atom is 0.416 e. The monoisotopic (exact) mass is 409 g/mol. The third-order valence-electron chi connectivity index (χ3n) is 3.93. The number of hydrogen-bond donors (Lipinski definition) is 0. The number of amides is 1. The van der Waals surface area contributed by atoms with Crippen LogP contribution in [0.1, 0.15) is 32.3 Å². The molecule has 1 amide bonds. The zero-order valence-corrected chi connectivity index (χ0v) is 15.9. The Morgan fingerprint density at radius 2 is 2.11 bits per heavy atom. The largest absolute Gasteiger partial charge is 0.416 e. The highest BCUT2D eigenvalue weighted by molar-refractivity contribution is 6.31. The minimum Gasteiger partial charge on any atom is -0.376 e. The molecule has 0 bridgehead atoms. The molecule has 2 rings (SSSR count). The fourth-order valence-corrected chi connectivity index (χ4v) is 2.69. The Balaban J connectivity index is 2.13. The molecule has 0 radical (unpaired) electrons. The molecule has 1 aliphatic heterocycles. The first-order chi connectivity index (χ1) is 12.7. The average molecular weight is 410 g/mol. The van der Waals surface area contributed by atoms with Gasteiger partial charge in [-0.3, -0.25) is 9.69 Å². The summed E-state index contributed by atoms with van der Waals surface area (Å²) in [5, 5.41) is 0. The molecule has 1 aliphatic rings. The summed E-state index contributed by atoms with van der Waals surface area (Å²) in [7, 11) is 0. The number of alkyl halides is 4. The molecule has 0 aromatic heterocycles. The van der Waals surface area contributed by atoms with Gasteiger partial charge in [0.2, 0.25) is 5.56 Å². The van der Waals surface area contributed by atoms with Crippen molar-refractivity contribution < 1.29 is 32.2 Å². The SMILES string of the molecule is CC(C)OCN(C(=O)C(Cl)OCC1CCCO1)c1cccc(C(F)(F)F)c1. The van der Waals surface area contributed by atoms with Gasteiger partial charge < -0.3 is 14.2 Å². The van der Waals surface area contributed by atoms with E-state index in [1.165, 1.54) is 12.1 Å². The highest BCUT2D eigenvalue weighted by Gasteiger charge is 2.32. The van der Waals surface area contributed by atoms with Gasteiger partial charge in [0.25, 0.3) is 5.91 Å². The second-order valence-electron chi connectivity index (χ2n) is 6.44. The van der Waals surface area contributed by atoms with Crippen molar-refractivity contribution in [2.24, 2.45) is 0 Å². The Hall–Kier alpha value is -1.35. The van der Waals surface area contributed by atoms with Crippen LogP contribution in [0.4, 0.5) is 18.9 Å². The molecule has 1 aromatic carbocycles. The van der Waals surface area contributed by atoms with Gasteiger partial charge in [0.05, 0.1) is 24.4 Å². The molecule has 5 nitrogen and oxygen atoms in total. The summed E-state index contributed by atoms with van der Waals surface area (Å²) in [4.78, 5) is 13.7. The van der Waals surface area contributed by atoms with Crippen LogP contribution in [-0.4, -0.2) is 43.6 Å². The van der Waals surface area contributed by atoms with Crippen LogP contribution in [0.25, 0.3) is 0 Å². The zero-order chi connectivity index (χ0) is 20.0. The van der Waals surface area contributed by atoms with Gasteiger partial charge in [-0.1, -0.05) is 17.7 Å². The molecule has 0 saturated carbocycles. The fraction of sp³-hybridized carbons (Fsp3) is 0.611. The highest BCUT2D eigenvalue weighted by Crippen LogP contribution is 2.32. The van der Waals surface area contributed by atoms with E-state index in [0.717, 1.165) is 29.9 Å². The first kappa shape index (κ1) is 21.9. The molecule has 2 unspecified atom stereocenters. The van der Waals surface area contributed by atoms with E-state index in [9.17, 15) is 18.0 Å². The van der Waals surface area contributed by atoms with Crippen molar-refractivity contribution in [3.05, 3.63) is 29.8 Å². The number of carbonyl (C=O) groups excluding carboxylic acids is 1. The van der Waals surface area contributed by atoms with Crippen LogP contribution >= 0.6 is 11.6 Å². The predicted octanol–water partition coefficient (Wildman–Crippen LogP) is 4.18. The molecule has 2 atom stereocenters. The number of hydrogen-bond acceptors (Lipinski definition) is 4. The van der Waals surface area contributed by atoms with Crippen molar-refractivity contribution in [3.63, 3.8) is 0 Å². The number of nitrogens with zero attached hydrogens (tertiary/aromatic N) is 1. The Bertz CT molecular complexity index is 621. The first-order valence-corrected chi connectivity index (χ1v) is 9.09. The van der Waals surface area contributed by atoms with Crippen molar-refractivity contribution in [2.45, 2.75) is 50.6 Å². The lowest BCUT2D eigenvalue weighted by atomic mass is 10.2. The van der Waals surface area contributed by atoms with Gasteiger partial charge in [0.1, 0.15) is 6.73 Å². The highest BCUT2D eigenvalue weighted by atomic mass is 35.5. The van der Waals surface area contributed by atoms with Crippen LogP contribution < -0.4 is 4.90 Å². The Morgan fingerprint density at radius 1 is 1.37 bits per heavy atom. The molecule has 1 aromatic rings. The van der Waals surface area contributed by atoms with Gasteiger partial charge in [0.15, 0.2) is 0 Å². The van der Waals surface area contributed by atoms with E-state index in [2.05, 4.69) is 0 Å². The maximum atomic E-state index is 13.0. The molecule has 1 fully saturated rings. The lowest BCUT2D eigenvalue weighted by molar-refractivity contribution is -0.137. The molecule has 9 heteroatoms. The molecule has 152 valence electrons. The maximum absolute atomic E-state index is 13.0. The van der Waals surface area contributed by atoms with Crippen LogP contribution in [-0.2, 0) is 25.2 Å². The normalized spacial score (nSPS) is 18.7. The number of halogens is 4. The Labute approximate surface area is 161 Å². The summed E-state index contributed by atoms with van der Waals surface area (Å²) < 4.78 is 55.2. The van der Waals surface area contributed by atoms with Crippen molar-refractivity contribution in [3.8, 4) is 0 Å². The van der Waals surface area contributed by atoms with Crippen LogP contribution in [0.3, 0.4) is 0 Å². The second-order valence-corrected chi connectivity index (χ2v) is 6.84. The minimum absolute atomic E-state index is 0.0295. The minimum atomic E-state index is -4.53. The van der Waals surface area contributed by atoms with Gasteiger partial charge in [-0.2, -0.15) is 13.2 Å². The van der Waals surface area contributed by atoms with Gasteiger partial charge >= 0.3 is 6.18 Å². The first-order valence-electron chi connectivity index (χ1n) is 8.66. The second kappa shape index (κ2) is 9.73. The van der Waals surface area contributed by atoms with Crippen molar-refractivity contribution in [1.29, 1.82) is 0 Å². The number of anilines is 1. The molecule has 27 heavy (non-hydrogen) atoms. The third-order valence-corrected chi connectivity index (χ3v) is 4.25.